The fourth-order valence-corrected chi connectivity index (χ4v) is 3.68. The van der Waals surface area contributed by atoms with E-state index in [2.05, 4.69) is 23.3 Å². The number of nitrogens with two attached hydrogens (primary N) is 1. The van der Waals surface area contributed by atoms with Crippen LogP contribution in [-0.2, 0) is 19.2 Å². The summed E-state index contributed by atoms with van der Waals surface area (Å²) >= 11 is 3.55. The molecule has 11 heteroatoms. The zero-order chi connectivity index (χ0) is 16.2. The van der Waals surface area contributed by atoms with Crippen molar-refractivity contribution in [2.75, 3.05) is 12.3 Å². The van der Waals surface area contributed by atoms with E-state index in [4.69, 9.17) is 15.9 Å². The van der Waals surface area contributed by atoms with Gasteiger partial charge in [-0.3, -0.25) is 0 Å². The third kappa shape index (κ3) is 4.88. The minimum absolute atomic E-state index is 0.0142. The molecule has 1 aliphatic heterocycles. The molecule has 0 radical (unpaired) electrons. The van der Waals surface area contributed by atoms with Crippen molar-refractivity contribution in [2.24, 2.45) is 5.73 Å². The van der Waals surface area contributed by atoms with E-state index in [1.165, 1.54) is 0 Å². The Morgan fingerprint density at radius 3 is 2.38 bits per heavy atom. The topological polar surface area (TPSA) is 159 Å². The molecule has 1 heterocycles. The second kappa shape index (κ2) is 7.12. The van der Waals surface area contributed by atoms with E-state index in [0.29, 0.717) is 0 Å². The predicted octanol–water partition coefficient (Wildman–Crippen LogP) is -2.76. The Balaban J connectivity index is 2.43. The molecule has 118 valence electrons. The third-order valence-corrected chi connectivity index (χ3v) is 6.05. The first-order valence-electron chi connectivity index (χ1n) is 5.80. The molecule has 1 saturated heterocycles. The van der Waals surface area contributed by atoms with Gasteiger partial charge >= 0.3 is 131 Å². The molecule has 2 amide bonds. The van der Waals surface area contributed by atoms with Crippen molar-refractivity contribution < 1.29 is 29.4 Å². The molecule has 1 rings (SSSR count). The maximum absolute atomic E-state index is 11.7. The van der Waals surface area contributed by atoms with Crippen molar-refractivity contribution in [1.82, 2.24) is 10.6 Å². The number of amides is 2. The number of nitrogens with one attached hydrogen (secondary N) is 2. The van der Waals surface area contributed by atoms with Crippen LogP contribution < -0.4 is 16.4 Å². The minimum atomic E-state index is -1.31. The maximum atomic E-state index is 11.7. The van der Waals surface area contributed by atoms with Crippen LogP contribution in [0.4, 0.5) is 0 Å². The molecular weight excluding hydrogens is 369 g/mol. The predicted molar refractivity (Wildman–Crippen MR) is 75.1 cm³/mol. The molecule has 0 saturated carbocycles. The van der Waals surface area contributed by atoms with Gasteiger partial charge in [-0.2, -0.15) is 0 Å². The summed E-state index contributed by atoms with van der Waals surface area (Å²) in [5.41, 5.74) is 5.57. The Morgan fingerprint density at radius 1 is 1.33 bits per heavy atom. The summed E-state index contributed by atoms with van der Waals surface area (Å²) in [4.78, 5) is 44.1. The normalized spacial score (nSPS) is 24.8. The average molecular weight is 384 g/mol. The van der Waals surface area contributed by atoms with Crippen LogP contribution >= 0.6 is 12.6 Å². The van der Waals surface area contributed by atoms with E-state index < -0.39 is 45.6 Å². The van der Waals surface area contributed by atoms with Gasteiger partial charge < -0.3 is 0 Å². The first-order chi connectivity index (χ1) is 9.70. The van der Waals surface area contributed by atoms with E-state index in [1.54, 1.807) is 0 Å². The van der Waals surface area contributed by atoms with Crippen molar-refractivity contribution in [1.29, 1.82) is 0 Å². The van der Waals surface area contributed by atoms with E-state index >= 15 is 0 Å². The van der Waals surface area contributed by atoms with Gasteiger partial charge in [0, 0.05) is 0 Å². The molecule has 0 spiro atoms. The van der Waals surface area contributed by atoms with E-state index in [1.807, 2.05) is 0 Å². The Bertz CT molecular complexity index is 476. The molecule has 0 aromatic heterocycles. The summed E-state index contributed by atoms with van der Waals surface area (Å²) in [5, 5.41) is 21.8. The molecule has 0 aliphatic carbocycles. The van der Waals surface area contributed by atoms with Crippen LogP contribution in [0.25, 0.3) is 0 Å². The molecule has 21 heavy (non-hydrogen) atoms. The van der Waals surface area contributed by atoms with Crippen molar-refractivity contribution in [3.63, 3.8) is 0 Å². The molecular formula is C10H15N3O6SSe. The number of thiol groups is 1. The summed E-state index contributed by atoms with van der Waals surface area (Å²) in [6.45, 7) is -0.560. The molecule has 3 unspecified atom stereocenters. The SMILES string of the molecule is NC1(C(=O)O)[Se]C1CC(=O)NC(CS)C(=O)NCC(=O)O. The number of hydrogen-bond acceptors (Lipinski definition) is 6. The molecule has 1 aliphatic rings. The van der Waals surface area contributed by atoms with Crippen LogP contribution in [0.15, 0.2) is 0 Å². The molecule has 0 aromatic rings. The zero-order valence-corrected chi connectivity index (χ0v) is 13.3. The number of carbonyl (C=O) groups is 4. The summed E-state index contributed by atoms with van der Waals surface area (Å²) in [6.07, 6.45) is -0.0840. The fraction of sp³-hybridized carbons (Fsp3) is 0.600. The van der Waals surface area contributed by atoms with E-state index in [-0.39, 0.29) is 27.1 Å². The third-order valence-electron chi connectivity index (χ3n) is 2.71. The molecule has 0 aromatic carbocycles. The van der Waals surface area contributed by atoms with Gasteiger partial charge in [-0.05, 0) is 0 Å². The Hall–Kier alpha value is -1.29. The van der Waals surface area contributed by atoms with Gasteiger partial charge in [0.2, 0.25) is 0 Å². The van der Waals surface area contributed by atoms with Crippen LogP contribution in [-0.4, -0.2) is 71.7 Å². The van der Waals surface area contributed by atoms with Gasteiger partial charge in [0.05, 0.1) is 0 Å². The number of carboxylic acid groups (broad SMARTS) is 2. The first-order valence-corrected chi connectivity index (χ1v) is 8.28. The summed E-state index contributed by atoms with van der Waals surface area (Å²) in [7, 11) is 0. The van der Waals surface area contributed by atoms with E-state index in [9.17, 15) is 19.2 Å². The molecule has 6 N–H and O–H groups in total. The molecule has 0 bridgehead atoms. The number of aliphatic carboxylic acids is 2. The van der Waals surface area contributed by atoms with Crippen molar-refractivity contribution in [3.8, 4) is 0 Å². The molecule has 1 fully saturated rings. The fourth-order valence-electron chi connectivity index (χ4n) is 1.48. The Labute approximate surface area is 131 Å². The summed E-state index contributed by atoms with van der Waals surface area (Å²) in [6, 6.07) is -0.983. The van der Waals surface area contributed by atoms with Crippen LogP contribution in [0.2, 0.25) is 4.82 Å². The second-order valence-corrected chi connectivity index (χ2v) is 7.79. The van der Waals surface area contributed by atoms with Gasteiger partial charge in [-0.1, -0.05) is 0 Å². The van der Waals surface area contributed by atoms with Crippen molar-refractivity contribution in [3.05, 3.63) is 0 Å². The number of carboxylic acids is 2. The van der Waals surface area contributed by atoms with Gasteiger partial charge in [0.25, 0.3) is 0 Å². The van der Waals surface area contributed by atoms with Gasteiger partial charge in [-0.15, -0.1) is 0 Å². The number of carbonyl (C=O) groups excluding carboxylic acids is 2. The molecule has 3 atom stereocenters. The quantitative estimate of drug-likeness (QED) is 0.195. The van der Waals surface area contributed by atoms with Crippen molar-refractivity contribution >= 4 is 51.3 Å². The van der Waals surface area contributed by atoms with Crippen LogP contribution in [0.5, 0.6) is 0 Å². The zero-order valence-electron chi connectivity index (χ0n) is 10.7. The van der Waals surface area contributed by atoms with E-state index in [0.717, 1.165) is 0 Å². The van der Waals surface area contributed by atoms with Crippen LogP contribution in [0.1, 0.15) is 6.42 Å². The van der Waals surface area contributed by atoms with Gasteiger partial charge in [0.1, 0.15) is 0 Å². The standard InChI is InChI=1S/C10H15N3O6SSe/c11-10(9(18)19)5(21-10)1-6(14)13-4(3-20)8(17)12-2-7(15)16/h4-5,20H,1-3,11H2,(H,12,17)(H,13,14)(H,15,16)(H,18,19). The summed E-state index contributed by atoms with van der Waals surface area (Å²) < 4.78 is -1.31. The second-order valence-electron chi connectivity index (χ2n) is 4.32. The summed E-state index contributed by atoms with van der Waals surface area (Å²) in [5.74, 6) is -3.54. The molecule has 9 nitrogen and oxygen atoms in total. The number of hydrogen-bond donors (Lipinski definition) is 6. The van der Waals surface area contributed by atoms with Crippen molar-refractivity contribution in [2.45, 2.75) is 21.7 Å². The van der Waals surface area contributed by atoms with Crippen LogP contribution in [0, 0.1) is 0 Å². The average Bonchev–Trinajstić information content (AvgIpc) is 3.05. The Kier molecular flexibility index (Phi) is 6.02. The first kappa shape index (κ1) is 17.8. The van der Waals surface area contributed by atoms with Gasteiger partial charge in [-0.25, -0.2) is 0 Å². The monoisotopic (exact) mass is 385 g/mol. The van der Waals surface area contributed by atoms with Gasteiger partial charge in [0.15, 0.2) is 0 Å². The number of rotatable bonds is 8. The van der Waals surface area contributed by atoms with Crippen LogP contribution in [0.3, 0.4) is 0 Å². The Morgan fingerprint density at radius 2 is 1.95 bits per heavy atom.